The summed E-state index contributed by atoms with van der Waals surface area (Å²) in [6, 6.07) is 6.84. The number of rotatable bonds is 8. The number of alkyl halides is 3. The van der Waals surface area contributed by atoms with Crippen LogP contribution in [0, 0.1) is 0 Å². The van der Waals surface area contributed by atoms with Crippen molar-refractivity contribution in [2.24, 2.45) is 0 Å². The van der Waals surface area contributed by atoms with E-state index in [0.29, 0.717) is 11.5 Å². The zero-order valence-corrected chi connectivity index (χ0v) is 12.4. The molecular weight excluding hydrogens is 317 g/mol. The molecule has 0 saturated carbocycles. The lowest BCUT2D eigenvalue weighted by atomic mass is 10.3. The van der Waals surface area contributed by atoms with Gasteiger partial charge >= 0.3 is 12.1 Å². The van der Waals surface area contributed by atoms with Gasteiger partial charge in [-0.2, -0.15) is 13.2 Å². The molecule has 0 unspecified atom stereocenters. The van der Waals surface area contributed by atoms with Crippen LogP contribution in [0.1, 0.15) is 6.42 Å². The molecule has 128 valence electrons. The van der Waals surface area contributed by atoms with Crippen LogP contribution in [0.5, 0.6) is 11.5 Å². The Balaban J connectivity index is 2.13. The molecule has 6 nitrogen and oxygen atoms in total. The average Bonchev–Trinajstić information content (AvgIpc) is 2.51. The third-order valence-electron chi connectivity index (χ3n) is 2.65. The van der Waals surface area contributed by atoms with Gasteiger partial charge in [-0.3, -0.25) is 9.59 Å². The topological polar surface area (TPSA) is 76.7 Å². The van der Waals surface area contributed by atoms with E-state index < -0.39 is 18.0 Å². The fourth-order valence-corrected chi connectivity index (χ4v) is 1.51. The molecule has 23 heavy (non-hydrogen) atoms. The summed E-state index contributed by atoms with van der Waals surface area (Å²) in [5, 5.41) is 4.08. The van der Waals surface area contributed by atoms with Gasteiger partial charge in [-0.15, -0.1) is 0 Å². The zero-order chi connectivity index (χ0) is 17.3. The Labute approximate surface area is 130 Å². The molecule has 2 amide bonds. The summed E-state index contributed by atoms with van der Waals surface area (Å²) in [5.41, 5.74) is 0. The van der Waals surface area contributed by atoms with Gasteiger partial charge in [0.1, 0.15) is 18.1 Å². The molecule has 0 bridgehead atoms. The number of hydrogen-bond donors (Lipinski definition) is 2. The molecule has 1 rings (SSSR count). The zero-order valence-electron chi connectivity index (χ0n) is 12.4. The van der Waals surface area contributed by atoms with Crippen LogP contribution in [0.2, 0.25) is 0 Å². The average molecular weight is 334 g/mol. The van der Waals surface area contributed by atoms with E-state index in [4.69, 9.17) is 9.47 Å². The third-order valence-corrected chi connectivity index (χ3v) is 2.65. The lowest BCUT2D eigenvalue weighted by molar-refractivity contribution is -0.173. The SMILES string of the molecule is COc1ccc(OCCNC(=O)CCNC(=O)C(F)(F)F)cc1. The van der Waals surface area contributed by atoms with Gasteiger partial charge in [-0.1, -0.05) is 0 Å². The van der Waals surface area contributed by atoms with Gasteiger partial charge in [0, 0.05) is 13.0 Å². The van der Waals surface area contributed by atoms with E-state index in [-0.39, 0.29) is 26.1 Å². The van der Waals surface area contributed by atoms with Gasteiger partial charge < -0.3 is 20.1 Å². The second kappa shape index (κ2) is 8.86. The van der Waals surface area contributed by atoms with Gasteiger partial charge in [0.05, 0.1) is 13.7 Å². The van der Waals surface area contributed by atoms with Crippen LogP contribution in [-0.4, -0.2) is 44.8 Å². The van der Waals surface area contributed by atoms with Crippen LogP contribution in [0.15, 0.2) is 24.3 Å². The molecule has 0 aliphatic heterocycles. The van der Waals surface area contributed by atoms with E-state index in [1.54, 1.807) is 36.7 Å². The number of nitrogens with one attached hydrogen (secondary N) is 2. The van der Waals surface area contributed by atoms with Crippen molar-refractivity contribution in [1.82, 2.24) is 10.6 Å². The van der Waals surface area contributed by atoms with E-state index >= 15 is 0 Å². The Hall–Kier alpha value is -2.45. The lowest BCUT2D eigenvalue weighted by Gasteiger charge is -2.09. The maximum Gasteiger partial charge on any atom is 0.471 e. The summed E-state index contributed by atoms with van der Waals surface area (Å²) in [6.45, 7) is 0.00850. The summed E-state index contributed by atoms with van der Waals surface area (Å²) >= 11 is 0. The van der Waals surface area contributed by atoms with E-state index in [1.165, 1.54) is 0 Å². The number of carbonyl (C=O) groups excluding carboxylic acids is 2. The Morgan fingerprint density at radius 2 is 1.65 bits per heavy atom. The monoisotopic (exact) mass is 334 g/mol. The number of halogens is 3. The van der Waals surface area contributed by atoms with Crippen molar-refractivity contribution in [3.05, 3.63) is 24.3 Å². The first-order valence-electron chi connectivity index (χ1n) is 6.71. The molecule has 0 saturated heterocycles. The molecule has 0 atom stereocenters. The van der Waals surface area contributed by atoms with Crippen molar-refractivity contribution in [2.45, 2.75) is 12.6 Å². The number of amides is 2. The van der Waals surface area contributed by atoms with Crippen LogP contribution in [0.25, 0.3) is 0 Å². The molecule has 1 aromatic rings. The van der Waals surface area contributed by atoms with Crippen molar-refractivity contribution >= 4 is 11.8 Å². The second-order valence-corrected chi connectivity index (χ2v) is 4.38. The first kappa shape index (κ1) is 18.6. The summed E-state index contributed by atoms with van der Waals surface area (Å²) in [5.74, 6) is -1.26. The van der Waals surface area contributed by atoms with E-state index in [1.807, 2.05) is 0 Å². The molecule has 0 aliphatic carbocycles. The molecule has 1 aromatic carbocycles. The summed E-state index contributed by atoms with van der Waals surface area (Å²) in [6.07, 6.45) is -5.19. The molecule has 0 spiro atoms. The van der Waals surface area contributed by atoms with Gasteiger partial charge in [0.2, 0.25) is 5.91 Å². The molecule has 9 heteroatoms. The summed E-state index contributed by atoms with van der Waals surface area (Å²) in [7, 11) is 1.54. The predicted octanol–water partition coefficient (Wildman–Crippen LogP) is 1.26. The Morgan fingerprint density at radius 1 is 1.04 bits per heavy atom. The van der Waals surface area contributed by atoms with Gasteiger partial charge in [0.15, 0.2) is 0 Å². The van der Waals surface area contributed by atoms with E-state index in [0.717, 1.165) is 0 Å². The van der Waals surface area contributed by atoms with Crippen molar-refractivity contribution in [2.75, 3.05) is 26.8 Å². The van der Waals surface area contributed by atoms with E-state index in [2.05, 4.69) is 5.32 Å². The van der Waals surface area contributed by atoms with Crippen molar-refractivity contribution in [3.63, 3.8) is 0 Å². The minimum Gasteiger partial charge on any atom is -0.497 e. The fraction of sp³-hybridized carbons (Fsp3) is 0.429. The number of methoxy groups -OCH3 is 1. The minimum absolute atomic E-state index is 0.193. The number of ether oxygens (including phenoxy) is 2. The largest absolute Gasteiger partial charge is 0.497 e. The maximum absolute atomic E-state index is 11.9. The maximum atomic E-state index is 11.9. The highest BCUT2D eigenvalue weighted by Gasteiger charge is 2.38. The third kappa shape index (κ3) is 7.39. The molecule has 0 aliphatic rings. The summed E-state index contributed by atoms with van der Waals surface area (Å²) < 4.78 is 46.0. The Morgan fingerprint density at radius 3 is 2.22 bits per heavy atom. The highest BCUT2D eigenvalue weighted by Crippen LogP contribution is 2.16. The van der Waals surface area contributed by atoms with Crippen LogP contribution < -0.4 is 20.1 Å². The highest BCUT2D eigenvalue weighted by atomic mass is 19.4. The van der Waals surface area contributed by atoms with Crippen LogP contribution >= 0.6 is 0 Å². The predicted molar refractivity (Wildman–Crippen MR) is 75.2 cm³/mol. The lowest BCUT2D eigenvalue weighted by Crippen LogP contribution is -2.39. The molecule has 2 N–H and O–H groups in total. The minimum atomic E-state index is -4.94. The standard InChI is InChI=1S/C14H17F3N2O4/c1-22-10-2-4-11(5-3-10)23-9-8-18-12(20)6-7-19-13(21)14(15,16)17/h2-5H,6-9H2,1H3,(H,18,20)(H,19,21). The fourth-order valence-electron chi connectivity index (χ4n) is 1.51. The van der Waals surface area contributed by atoms with Crippen molar-refractivity contribution in [3.8, 4) is 11.5 Å². The van der Waals surface area contributed by atoms with Gasteiger partial charge in [0.25, 0.3) is 0 Å². The molecule has 0 heterocycles. The van der Waals surface area contributed by atoms with Crippen LogP contribution in [-0.2, 0) is 9.59 Å². The normalized spacial score (nSPS) is 10.8. The van der Waals surface area contributed by atoms with Crippen molar-refractivity contribution < 1.29 is 32.2 Å². The van der Waals surface area contributed by atoms with Crippen molar-refractivity contribution in [1.29, 1.82) is 0 Å². The summed E-state index contributed by atoms with van der Waals surface area (Å²) in [4.78, 5) is 21.9. The molecular formula is C14H17F3N2O4. The smallest absolute Gasteiger partial charge is 0.471 e. The molecule has 0 fully saturated rings. The Bertz CT molecular complexity index is 518. The number of carbonyl (C=O) groups is 2. The van der Waals surface area contributed by atoms with E-state index in [9.17, 15) is 22.8 Å². The second-order valence-electron chi connectivity index (χ2n) is 4.38. The first-order chi connectivity index (χ1) is 10.8. The first-order valence-corrected chi connectivity index (χ1v) is 6.71. The number of hydrogen-bond acceptors (Lipinski definition) is 4. The Kier molecular flexibility index (Phi) is 7.17. The molecule has 0 aromatic heterocycles. The van der Waals surface area contributed by atoms with Gasteiger partial charge in [-0.05, 0) is 24.3 Å². The number of benzene rings is 1. The van der Waals surface area contributed by atoms with Crippen LogP contribution in [0.4, 0.5) is 13.2 Å². The van der Waals surface area contributed by atoms with Crippen LogP contribution in [0.3, 0.4) is 0 Å². The quantitative estimate of drug-likeness (QED) is 0.702. The van der Waals surface area contributed by atoms with Gasteiger partial charge in [-0.25, -0.2) is 0 Å². The molecule has 0 radical (unpaired) electrons. The highest BCUT2D eigenvalue weighted by molar-refractivity contribution is 5.82.